The maximum Gasteiger partial charge on any atom is -0.0300 e. The fraction of sp³-hybridized carbons (Fsp3) is 0.667. The molecule has 0 aliphatic carbocycles. The highest BCUT2D eigenvalue weighted by molar-refractivity contribution is 8.18. The molecule has 0 fully saturated rings. The summed E-state index contributed by atoms with van der Waals surface area (Å²) in [5.74, 6) is 0. The Kier molecular flexibility index (Phi) is 8.84. The first-order valence-corrected chi connectivity index (χ1v) is 8.59. The van der Waals surface area contributed by atoms with Crippen molar-refractivity contribution in [3.05, 3.63) is 22.8 Å². The van der Waals surface area contributed by atoms with Crippen LogP contribution in [-0.4, -0.2) is 0 Å². The molecule has 0 aliphatic heterocycles. The third kappa shape index (κ3) is 4.72. The molecule has 0 aromatic carbocycles. The van der Waals surface area contributed by atoms with Crippen LogP contribution in [0.1, 0.15) is 53.4 Å². The van der Waals surface area contributed by atoms with Gasteiger partial charge in [0.05, 0.1) is 0 Å². The van der Waals surface area contributed by atoms with Gasteiger partial charge in [-0.25, -0.2) is 0 Å². The number of rotatable bonds is 6. The molecule has 0 nitrogen and oxygen atoms in total. The molecule has 0 spiro atoms. The molecule has 2 heteroatoms. The molecule has 0 bridgehead atoms. The zero-order valence-electron chi connectivity index (χ0n) is 10.0. The quantitative estimate of drug-likeness (QED) is 0.516. The van der Waals surface area contributed by atoms with Crippen LogP contribution in [0.15, 0.2) is 22.8 Å². The smallest absolute Gasteiger partial charge is 0.0300 e. The Morgan fingerprint density at radius 3 is 1.50 bits per heavy atom. The molecule has 0 radical (unpaired) electrons. The summed E-state index contributed by atoms with van der Waals surface area (Å²) in [5, 5.41) is 3.27. The van der Waals surface area contributed by atoms with Crippen LogP contribution in [0.5, 0.6) is 0 Å². The number of hydrogen-bond acceptors (Lipinski definition) is 0. The van der Waals surface area contributed by atoms with Crippen LogP contribution in [0.3, 0.4) is 0 Å². The molecule has 0 N–H and O–H groups in total. The van der Waals surface area contributed by atoms with Gasteiger partial charge in [-0.15, -0.1) is 8.93 Å². The first kappa shape index (κ1) is 14.3. The van der Waals surface area contributed by atoms with Crippen LogP contribution in [0.25, 0.3) is 0 Å². The fourth-order valence-electron chi connectivity index (χ4n) is 1.48. The van der Waals surface area contributed by atoms with Crippen molar-refractivity contribution in [1.29, 1.82) is 0 Å². The van der Waals surface area contributed by atoms with Crippen molar-refractivity contribution >= 4 is 16.5 Å². The molecule has 14 heavy (non-hydrogen) atoms. The van der Waals surface area contributed by atoms with Gasteiger partial charge in [0.1, 0.15) is 0 Å². The summed E-state index contributed by atoms with van der Waals surface area (Å²) in [6, 6.07) is 0. The summed E-state index contributed by atoms with van der Waals surface area (Å²) in [5.41, 5.74) is 0. The van der Waals surface area contributed by atoms with E-state index < -0.39 is 0 Å². The Morgan fingerprint density at radius 2 is 1.29 bits per heavy atom. The Labute approximate surface area is 93.1 Å². The van der Waals surface area contributed by atoms with Gasteiger partial charge in [-0.2, -0.15) is 0 Å². The van der Waals surface area contributed by atoms with E-state index >= 15 is 0 Å². The van der Waals surface area contributed by atoms with E-state index in [1.807, 2.05) is 0 Å². The van der Waals surface area contributed by atoms with Gasteiger partial charge < -0.3 is 0 Å². The average Bonchev–Trinajstić information content (AvgIpc) is 2.21. The molecule has 1 atom stereocenters. The van der Waals surface area contributed by atoms with E-state index in [0.717, 1.165) is 0 Å². The van der Waals surface area contributed by atoms with Crippen LogP contribution in [-0.2, 0) is 0 Å². The first-order chi connectivity index (χ1) is 6.71. The van der Waals surface area contributed by atoms with E-state index in [2.05, 4.69) is 48.8 Å². The summed E-state index contributed by atoms with van der Waals surface area (Å²) < 4.78 is 0. The zero-order chi connectivity index (χ0) is 11.0. The predicted molar refractivity (Wildman–Crippen MR) is 74.0 cm³/mol. The summed E-state index contributed by atoms with van der Waals surface area (Å²) >= 11 is 0. The SMILES string of the molecule is CC/C=C(/CC)P(P)/C(=C\CC)CC. The summed E-state index contributed by atoms with van der Waals surface area (Å²) in [4.78, 5) is 0. The molecular weight excluding hydrogens is 206 g/mol. The van der Waals surface area contributed by atoms with E-state index in [1.54, 1.807) is 10.6 Å². The first-order valence-electron chi connectivity index (χ1n) is 5.63. The summed E-state index contributed by atoms with van der Waals surface area (Å²) in [6.07, 6.45) is 9.53. The van der Waals surface area contributed by atoms with Crippen molar-refractivity contribution in [3.8, 4) is 0 Å². The number of allylic oxidation sites excluding steroid dienone is 4. The highest BCUT2D eigenvalue weighted by Gasteiger charge is 2.09. The molecule has 0 saturated heterocycles. The third-order valence-electron chi connectivity index (χ3n) is 2.22. The third-order valence-corrected chi connectivity index (χ3v) is 6.45. The average molecular weight is 230 g/mol. The second-order valence-corrected chi connectivity index (χ2v) is 6.72. The maximum atomic E-state index is 3.05. The van der Waals surface area contributed by atoms with Crippen LogP contribution in [0.4, 0.5) is 0 Å². The largest absolute Gasteiger partial charge is 0.103 e. The van der Waals surface area contributed by atoms with Crippen molar-refractivity contribution in [1.82, 2.24) is 0 Å². The molecule has 1 unspecified atom stereocenters. The minimum Gasteiger partial charge on any atom is -0.103 e. The van der Waals surface area contributed by atoms with Gasteiger partial charge in [0, 0.05) is 0 Å². The standard InChI is InChI=1S/C12H24P2/c1-5-9-11(7-3)14(13)12(8-4)10-6-2/h9-10H,5-8,13H2,1-4H3/b11-9-,12-10-. The molecule has 0 aromatic heterocycles. The molecule has 0 rings (SSSR count). The molecule has 0 heterocycles. The van der Waals surface area contributed by atoms with Gasteiger partial charge in [-0.1, -0.05) is 39.8 Å². The van der Waals surface area contributed by atoms with Gasteiger partial charge >= 0.3 is 0 Å². The van der Waals surface area contributed by atoms with Crippen molar-refractivity contribution in [2.24, 2.45) is 0 Å². The van der Waals surface area contributed by atoms with Crippen molar-refractivity contribution < 1.29 is 0 Å². The Morgan fingerprint density at radius 1 is 0.929 bits per heavy atom. The summed E-state index contributed by atoms with van der Waals surface area (Å²) in [7, 11) is 2.97. The van der Waals surface area contributed by atoms with Gasteiger partial charge in [-0.05, 0) is 43.9 Å². The molecule has 0 saturated carbocycles. The maximum absolute atomic E-state index is 3.05. The normalized spacial score (nSPS) is 15.8. The van der Waals surface area contributed by atoms with E-state index in [1.165, 1.54) is 25.7 Å². The van der Waals surface area contributed by atoms with Crippen molar-refractivity contribution in [2.75, 3.05) is 0 Å². The second kappa shape index (κ2) is 8.63. The highest BCUT2D eigenvalue weighted by Crippen LogP contribution is 2.61. The monoisotopic (exact) mass is 230 g/mol. The van der Waals surface area contributed by atoms with Gasteiger partial charge in [0.15, 0.2) is 0 Å². The minimum atomic E-state index is -0.0805. The van der Waals surface area contributed by atoms with Crippen molar-refractivity contribution in [3.63, 3.8) is 0 Å². The van der Waals surface area contributed by atoms with E-state index in [9.17, 15) is 0 Å². The Hall–Kier alpha value is 0.340. The van der Waals surface area contributed by atoms with E-state index in [4.69, 9.17) is 0 Å². The molecular formula is C12H24P2. The Bertz CT molecular complexity index is 182. The molecule has 0 aliphatic rings. The van der Waals surface area contributed by atoms with Gasteiger partial charge in [-0.3, -0.25) is 0 Å². The highest BCUT2D eigenvalue weighted by atomic mass is 32.0. The van der Waals surface area contributed by atoms with Crippen LogP contribution >= 0.6 is 16.5 Å². The minimum absolute atomic E-state index is 0.0805. The molecule has 0 aromatic rings. The molecule has 0 amide bonds. The lowest BCUT2D eigenvalue weighted by Gasteiger charge is -2.18. The van der Waals surface area contributed by atoms with Gasteiger partial charge in [0.2, 0.25) is 0 Å². The van der Waals surface area contributed by atoms with Crippen LogP contribution in [0, 0.1) is 0 Å². The fourth-order valence-corrected chi connectivity index (χ4v) is 5.02. The lowest BCUT2D eigenvalue weighted by Crippen LogP contribution is -1.81. The molecule has 82 valence electrons. The van der Waals surface area contributed by atoms with Gasteiger partial charge in [0.25, 0.3) is 0 Å². The lowest BCUT2D eigenvalue weighted by molar-refractivity contribution is 1.11. The van der Waals surface area contributed by atoms with E-state index in [-0.39, 0.29) is 7.61 Å². The topological polar surface area (TPSA) is 0 Å². The second-order valence-electron chi connectivity index (χ2n) is 3.28. The summed E-state index contributed by atoms with van der Waals surface area (Å²) in [6.45, 7) is 8.97. The number of hydrogen-bond donors (Lipinski definition) is 0. The van der Waals surface area contributed by atoms with Crippen LogP contribution < -0.4 is 0 Å². The Balaban J connectivity index is 4.62. The predicted octanol–water partition coefficient (Wildman–Crippen LogP) is 5.67. The van der Waals surface area contributed by atoms with Crippen LogP contribution in [0.2, 0.25) is 0 Å². The lowest BCUT2D eigenvalue weighted by atomic mass is 10.3. The van der Waals surface area contributed by atoms with E-state index in [0.29, 0.717) is 0 Å². The van der Waals surface area contributed by atoms with Crippen molar-refractivity contribution in [2.45, 2.75) is 53.4 Å². The zero-order valence-corrected chi connectivity index (χ0v) is 12.1.